The van der Waals surface area contributed by atoms with Gasteiger partial charge in [0.1, 0.15) is 0 Å². The number of rotatable bonds is 6. The van der Waals surface area contributed by atoms with Crippen molar-refractivity contribution in [3.8, 4) is 40.1 Å². The summed E-state index contributed by atoms with van der Waals surface area (Å²) in [7, 11) is 0. The summed E-state index contributed by atoms with van der Waals surface area (Å²) in [5.74, 6) is 1.67. The largest absolute Gasteiger partial charge is 0.309 e. The Balaban J connectivity index is 1.00. The van der Waals surface area contributed by atoms with Gasteiger partial charge in [-0.2, -0.15) is 15.0 Å². The summed E-state index contributed by atoms with van der Waals surface area (Å²) in [5.41, 5.74) is 15.2. The van der Waals surface area contributed by atoms with Crippen LogP contribution in [0.25, 0.3) is 106 Å². The van der Waals surface area contributed by atoms with Crippen LogP contribution < -0.4 is 0 Å². The van der Waals surface area contributed by atoms with Gasteiger partial charge in [-0.25, -0.2) is 0 Å². The number of nitrogens with zero attached hydrogens (tertiary/aromatic N) is 6. The normalized spacial score (nSPS) is 13.0. The predicted molar refractivity (Wildman–Crippen MR) is 286 cm³/mol. The van der Waals surface area contributed by atoms with Gasteiger partial charge < -0.3 is 4.57 Å². The van der Waals surface area contributed by atoms with Gasteiger partial charge in [-0.3, -0.25) is 9.13 Å². The summed E-state index contributed by atoms with van der Waals surface area (Å²) in [4.78, 5) is 16.6. The van der Waals surface area contributed by atoms with Crippen LogP contribution in [-0.2, 0) is 5.41 Å². The summed E-state index contributed by atoms with van der Waals surface area (Å²) in [6.07, 6.45) is 0. The monoisotopic (exact) mass is 892 g/mol. The van der Waals surface area contributed by atoms with E-state index in [1.54, 1.807) is 0 Å². The molecule has 14 aromatic rings. The molecule has 0 spiro atoms. The Morgan fingerprint density at radius 1 is 0.286 bits per heavy atom. The molecule has 0 amide bonds. The highest BCUT2D eigenvalue weighted by Crippen LogP contribution is 2.56. The number of para-hydroxylation sites is 5. The van der Waals surface area contributed by atoms with Crippen molar-refractivity contribution in [1.29, 1.82) is 0 Å². The molecule has 4 aromatic heterocycles. The molecule has 0 N–H and O–H groups in total. The number of aromatic nitrogens is 6. The Kier molecular flexibility index (Phi) is 8.18. The fourth-order valence-electron chi connectivity index (χ4n) is 11.9. The molecular weight excluding hydrogens is 853 g/mol. The maximum absolute atomic E-state index is 5.54. The molecule has 70 heavy (non-hydrogen) atoms. The summed E-state index contributed by atoms with van der Waals surface area (Å²) in [6, 6.07) is 87.4. The SMILES string of the molecule is c1ccc(C2(c3cccc(-c4nc(-n5c6ccccc6c6ccccc65)nc(-n5c6ccccc6c6cc(-n7c8ccccc8c8ccccc87)ccc65)n4)c3)c3ccccc3-c3ccccc32)cc1. The minimum absolute atomic E-state index is 0.539. The summed E-state index contributed by atoms with van der Waals surface area (Å²) in [6.45, 7) is 0. The molecule has 4 heterocycles. The van der Waals surface area contributed by atoms with Crippen molar-refractivity contribution in [3.05, 3.63) is 265 Å². The van der Waals surface area contributed by atoms with Crippen molar-refractivity contribution in [2.75, 3.05) is 0 Å². The lowest BCUT2D eigenvalue weighted by atomic mass is 9.67. The fraction of sp³-hybridized carbons (Fsp3) is 0.0156. The van der Waals surface area contributed by atoms with E-state index in [9.17, 15) is 0 Å². The summed E-state index contributed by atoms with van der Waals surface area (Å²) < 4.78 is 6.81. The van der Waals surface area contributed by atoms with E-state index in [1.165, 1.54) is 49.6 Å². The Hall–Kier alpha value is -9.39. The second kappa shape index (κ2) is 14.8. The smallest absolute Gasteiger partial charge is 0.240 e. The van der Waals surface area contributed by atoms with E-state index in [0.29, 0.717) is 17.7 Å². The fourth-order valence-corrected chi connectivity index (χ4v) is 11.9. The Morgan fingerprint density at radius 3 is 1.23 bits per heavy atom. The van der Waals surface area contributed by atoms with Crippen molar-refractivity contribution in [2.24, 2.45) is 0 Å². The molecule has 0 unspecified atom stereocenters. The summed E-state index contributed by atoms with van der Waals surface area (Å²) in [5, 5.41) is 6.97. The summed E-state index contributed by atoms with van der Waals surface area (Å²) >= 11 is 0. The first-order valence-corrected chi connectivity index (χ1v) is 23.9. The molecule has 0 aliphatic heterocycles. The molecule has 15 rings (SSSR count). The van der Waals surface area contributed by atoms with E-state index in [4.69, 9.17) is 15.0 Å². The molecule has 6 nitrogen and oxygen atoms in total. The topological polar surface area (TPSA) is 53.5 Å². The highest BCUT2D eigenvalue weighted by atomic mass is 15.3. The zero-order valence-corrected chi connectivity index (χ0v) is 37.8. The van der Waals surface area contributed by atoms with Crippen LogP contribution in [0.1, 0.15) is 22.3 Å². The number of fused-ring (bicyclic) bond motifs is 12. The van der Waals surface area contributed by atoms with Crippen LogP contribution in [0.5, 0.6) is 0 Å². The van der Waals surface area contributed by atoms with Crippen LogP contribution in [-0.4, -0.2) is 28.7 Å². The van der Waals surface area contributed by atoms with E-state index in [2.05, 4.69) is 256 Å². The van der Waals surface area contributed by atoms with Gasteiger partial charge in [-0.1, -0.05) is 188 Å². The second-order valence-corrected chi connectivity index (χ2v) is 18.3. The average Bonchev–Trinajstić information content (AvgIpc) is 4.15. The molecule has 0 fully saturated rings. The lowest BCUT2D eigenvalue weighted by Crippen LogP contribution is -2.28. The van der Waals surface area contributed by atoms with Crippen LogP contribution in [0.3, 0.4) is 0 Å². The van der Waals surface area contributed by atoms with Crippen molar-refractivity contribution in [3.63, 3.8) is 0 Å². The highest BCUT2D eigenvalue weighted by Gasteiger charge is 2.46. The Labute approximate surface area is 402 Å². The lowest BCUT2D eigenvalue weighted by molar-refractivity contribution is 0.768. The predicted octanol–water partition coefficient (Wildman–Crippen LogP) is 15.2. The Morgan fingerprint density at radius 2 is 0.700 bits per heavy atom. The van der Waals surface area contributed by atoms with Crippen LogP contribution in [0.4, 0.5) is 0 Å². The second-order valence-electron chi connectivity index (χ2n) is 18.3. The minimum Gasteiger partial charge on any atom is -0.309 e. The zero-order valence-electron chi connectivity index (χ0n) is 37.8. The van der Waals surface area contributed by atoms with Gasteiger partial charge in [-0.15, -0.1) is 0 Å². The molecule has 0 atom stereocenters. The van der Waals surface area contributed by atoms with Crippen LogP contribution in [0, 0.1) is 0 Å². The number of hydrogen-bond acceptors (Lipinski definition) is 3. The molecule has 6 heteroatoms. The van der Waals surface area contributed by atoms with Crippen molar-refractivity contribution in [2.45, 2.75) is 5.41 Å². The van der Waals surface area contributed by atoms with Gasteiger partial charge in [-0.05, 0) is 88.0 Å². The standard InChI is InChI=1S/C64H40N6/c1-2-20-42(21-3-1)64(53-30-11-4-23-45(53)46-24-5-12-31-54(46)64)43-22-18-19-41(39-43)61-65-62(69-57-34-15-8-27-49(57)50-28-9-16-35-58(50)69)67-63(66-61)70-59-36-17-10-29-51(59)52-40-44(37-38-60(52)70)68-55-32-13-6-25-47(55)48-26-7-14-33-56(48)68/h1-40H. The molecule has 326 valence electrons. The molecule has 1 aliphatic rings. The average molecular weight is 893 g/mol. The first kappa shape index (κ1) is 38.7. The quantitative estimate of drug-likeness (QED) is 0.167. The van der Waals surface area contributed by atoms with Crippen molar-refractivity contribution < 1.29 is 0 Å². The molecule has 1 aliphatic carbocycles. The number of hydrogen-bond donors (Lipinski definition) is 0. The van der Waals surface area contributed by atoms with E-state index >= 15 is 0 Å². The Bertz CT molecular complexity index is 4290. The van der Waals surface area contributed by atoms with Crippen molar-refractivity contribution in [1.82, 2.24) is 28.7 Å². The van der Waals surface area contributed by atoms with Gasteiger partial charge in [0.2, 0.25) is 11.9 Å². The van der Waals surface area contributed by atoms with E-state index in [1.807, 2.05) is 0 Å². The van der Waals surface area contributed by atoms with Gasteiger partial charge in [0.05, 0.1) is 38.5 Å². The van der Waals surface area contributed by atoms with E-state index < -0.39 is 5.41 Å². The zero-order chi connectivity index (χ0) is 45.9. The van der Waals surface area contributed by atoms with E-state index in [0.717, 1.165) is 60.4 Å². The van der Waals surface area contributed by atoms with Crippen LogP contribution >= 0.6 is 0 Å². The number of benzene rings is 10. The van der Waals surface area contributed by atoms with Crippen LogP contribution in [0.2, 0.25) is 0 Å². The maximum Gasteiger partial charge on any atom is 0.240 e. The van der Waals surface area contributed by atoms with Gasteiger partial charge in [0, 0.05) is 43.6 Å². The van der Waals surface area contributed by atoms with Gasteiger partial charge in [0.25, 0.3) is 0 Å². The van der Waals surface area contributed by atoms with E-state index in [-0.39, 0.29) is 0 Å². The highest BCUT2D eigenvalue weighted by molar-refractivity contribution is 6.12. The first-order valence-electron chi connectivity index (χ1n) is 23.9. The third-order valence-electron chi connectivity index (χ3n) is 14.8. The lowest BCUT2D eigenvalue weighted by Gasteiger charge is -2.34. The molecule has 0 saturated carbocycles. The van der Waals surface area contributed by atoms with Gasteiger partial charge >= 0.3 is 0 Å². The molecular formula is C64H40N6. The molecule has 0 bridgehead atoms. The van der Waals surface area contributed by atoms with Crippen LogP contribution in [0.15, 0.2) is 243 Å². The third kappa shape index (κ3) is 5.35. The minimum atomic E-state index is -0.586. The molecule has 0 saturated heterocycles. The van der Waals surface area contributed by atoms with Gasteiger partial charge in [0.15, 0.2) is 5.82 Å². The maximum atomic E-state index is 5.54. The molecule has 10 aromatic carbocycles. The molecule has 0 radical (unpaired) electrons. The third-order valence-corrected chi connectivity index (χ3v) is 14.8. The van der Waals surface area contributed by atoms with Crippen molar-refractivity contribution >= 4 is 65.4 Å². The first-order chi connectivity index (χ1) is 34.7.